The average molecular weight is 924 g/mol. The minimum Gasteiger partial charge on any atom is -0.394 e. The predicted octanol–water partition coefficient (Wildman–Crippen LogP) is -0.203. The van der Waals surface area contributed by atoms with E-state index in [2.05, 4.69) is 30.6 Å². The van der Waals surface area contributed by atoms with Crippen molar-refractivity contribution >= 4 is 48.9 Å². The third-order valence-corrected chi connectivity index (χ3v) is 11.0. The number of carbonyl (C=O) groups excluding carboxylic acids is 7. The molecule has 1 aromatic carbocycles. The fraction of sp³-hybridized carbons (Fsp3) is 0.610. The van der Waals surface area contributed by atoms with Gasteiger partial charge in [-0.25, -0.2) is 15.0 Å². The molecule has 1 saturated heterocycles. The number of aromatic amines is 1. The van der Waals surface area contributed by atoms with Crippen LogP contribution < -0.4 is 21.8 Å². The lowest BCUT2D eigenvalue weighted by atomic mass is 9.89. The monoisotopic (exact) mass is 923 g/mol. The standard InChI is InChI=1S/C41H62N7O15P/c1-25(2)16-32(35(50)18-28(17-29-21-43-24-44-29)40(55)46-33(23-49)36(51)20-31(39(42)54)26(3)63-64(57,58)59)45-41(56)34-19-30(22-48(34)38(53)12-13-61-15-14-60-4)62-47-37(52)11-10-27-8-6-5-7-9-27/h5-9,21,24-26,28,30-34,49H,10-20,22-23H2,1-4H3,(H2,42,54)(H,43,44)(H,45,56)(H,46,55)(H,47,52)(H2,57,58,59)/t26?,28-,30-,31+,32+,33+,34+/m1/s1. The van der Waals surface area contributed by atoms with Crippen LogP contribution in [0.5, 0.6) is 0 Å². The third-order valence-electron chi connectivity index (χ3n) is 10.4. The first-order valence-electron chi connectivity index (χ1n) is 20.9. The van der Waals surface area contributed by atoms with E-state index in [0.29, 0.717) is 18.7 Å². The number of nitrogens with zero attached hydrogens (tertiary/aromatic N) is 2. The van der Waals surface area contributed by atoms with Crippen LogP contribution in [0, 0.1) is 17.8 Å². The second-order valence-corrected chi connectivity index (χ2v) is 17.2. The van der Waals surface area contributed by atoms with Gasteiger partial charge < -0.3 is 50.6 Å². The van der Waals surface area contributed by atoms with E-state index >= 15 is 0 Å². The number of primary amides is 1. The summed E-state index contributed by atoms with van der Waals surface area (Å²) < 4.78 is 26.4. The maximum absolute atomic E-state index is 14.2. The normalized spacial score (nSPS) is 17.5. The first-order chi connectivity index (χ1) is 30.3. The number of ether oxygens (including phenoxy) is 2. The summed E-state index contributed by atoms with van der Waals surface area (Å²) in [4.78, 5) is 126. The van der Waals surface area contributed by atoms with Gasteiger partial charge in [-0.1, -0.05) is 44.2 Å². The Balaban J connectivity index is 1.78. The van der Waals surface area contributed by atoms with Crippen LogP contribution in [0.4, 0.5) is 0 Å². The van der Waals surface area contributed by atoms with E-state index in [1.165, 1.54) is 24.5 Å². The number of hydroxylamine groups is 1. The largest absolute Gasteiger partial charge is 0.469 e. The van der Waals surface area contributed by atoms with Crippen LogP contribution in [0.3, 0.4) is 0 Å². The van der Waals surface area contributed by atoms with E-state index in [1.54, 1.807) is 0 Å². The summed E-state index contributed by atoms with van der Waals surface area (Å²) in [6.07, 6.45) is -0.227. The lowest BCUT2D eigenvalue weighted by Gasteiger charge is -2.28. The number of Topliss-reactive ketones (excluding diaryl/α,β-unsaturated/α-hetero) is 2. The molecule has 1 aliphatic rings. The molecule has 0 bridgehead atoms. The van der Waals surface area contributed by atoms with E-state index in [0.717, 1.165) is 12.5 Å². The fourth-order valence-electron chi connectivity index (χ4n) is 7.04. The smallest absolute Gasteiger partial charge is 0.394 e. The number of phosphoric acid groups is 1. The van der Waals surface area contributed by atoms with Crippen LogP contribution in [0.2, 0.25) is 0 Å². The van der Waals surface area contributed by atoms with Crippen LogP contribution in [0.25, 0.3) is 0 Å². The number of rotatable bonds is 30. The molecule has 0 spiro atoms. The number of hydrogen-bond donors (Lipinski definition) is 8. The van der Waals surface area contributed by atoms with Gasteiger partial charge in [0.05, 0.1) is 69.7 Å². The Hall–Kier alpha value is -4.93. The number of imidazole rings is 1. The number of aromatic nitrogens is 2. The molecule has 0 radical (unpaired) electrons. The summed E-state index contributed by atoms with van der Waals surface area (Å²) >= 11 is 0. The van der Waals surface area contributed by atoms with Crippen LogP contribution >= 0.6 is 7.82 Å². The molecule has 0 saturated carbocycles. The molecule has 5 amide bonds. The highest BCUT2D eigenvalue weighted by molar-refractivity contribution is 7.46. The minimum absolute atomic E-state index is 0.0219. The number of benzene rings is 1. The van der Waals surface area contributed by atoms with Crippen molar-refractivity contribution in [2.45, 2.75) is 102 Å². The number of nitrogens with one attached hydrogen (secondary N) is 4. The van der Waals surface area contributed by atoms with Gasteiger partial charge in [0, 0.05) is 51.1 Å². The number of hydrogen-bond acceptors (Lipinski definition) is 14. The summed E-state index contributed by atoms with van der Waals surface area (Å²) in [6.45, 7) is 4.37. The molecular formula is C41H62N7O15P. The van der Waals surface area contributed by atoms with Crippen molar-refractivity contribution in [3.05, 3.63) is 54.1 Å². The van der Waals surface area contributed by atoms with E-state index in [9.17, 15) is 53.0 Å². The molecule has 64 heavy (non-hydrogen) atoms. The van der Waals surface area contributed by atoms with Gasteiger partial charge >= 0.3 is 7.82 Å². The zero-order valence-corrected chi connectivity index (χ0v) is 37.4. The van der Waals surface area contributed by atoms with E-state index in [4.69, 9.17) is 20.0 Å². The molecule has 7 atom stereocenters. The molecule has 2 heterocycles. The number of aliphatic hydroxyl groups excluding tert-OH is 1. The summed E-state index contributed by atoms with van der Waals surface area (Å²) in [5.41, 5.74) is 9.20. The topological polar surface area (TPSA) is 328 Å². The Morgan fingerprint density at radius 2 is 1.67 bits per heavy atom. The van der Waals surface area contributed by atoms with Crippen molar-refractivity contribution < 1.29 is 71.9 Å². The van der Waals surface area contributed by atoms with Crippen molar-refractivity contribution in [1.29, 1.82) is 0 Å². The highest BCUT2D eigenvalue weighted by atomic mass is 31.2. The van der Waals surface area contributed by atoms with Crippen LogP contribution in [-0.4, -0.2) is 141 Å². The zero-order valence-electron chi connectivity index (χ0n) is 36.5. The van der Waals surface area contributed by atoms with E-state index in [-0.39, 0.29) is 57.8 Å². The first kappa shape index (κ1) is 53.4. The molecule has 3 rings (SSSR count). The fourth-order valence-corrected chi connectivity index (χ4v) is 7.62. The number of aryl methyl sites for hydroxylation is 1. The second-order valence-electron chi connectivity index (χ2n) is 16.0. The lowest BCUT2D eigenvalue weighted by molar-refractivity contribution is -0.141. The number of methoxy groups -OCH3 is 1. The number of aliphatic hydroxyl groups is 1. The van der Waals surface area contributed by atoms with Crippen LogP contribution in [-0.2, 0) is 69.8 Å². The molecular weight excluding hydrogens is 861 g/mol. The van der Waals surface area contributed by atoms with E-state index in [1.807, 2.05) is 44.2 Å². The maximum atomic E-state index is 14.2. The maximum Gasteiger partial charge on any atom is 0.469 e. The third kappa shape index (κ3) is 18.7. The van der Waals surface area contributed by atoms with Crippen molar-refractivity contribution in [1.82, 2.24) is 31.0 Å². The molecule has 356 valence electrons. The molecule has 1 unspecified atom stereocenters. The summed E-state index contributed by atoms with van der Waals surface area (Å²) in [5.74, 6) is -7.84. The number of phosphoric ester groups is 1. The van der Waals surface area contributed by atoms with Gasteiger partial charge in [-0.15, -0.1) is 0 Å². The highest BCUT2D eigenvalue weighted by Crippen LogP contribution is 2.39. The number of amides is 5. The van der Waals surface area contributed by atoms with Gasteiger partial charge in [0.15, 0.2) is 11.6 Å². The SMILES string of the molecule is COCCOCCC(=O)N1C[C@H](ONC(=O)CCc2ccccc2)C[C@H]1C(=O)N[C@@H](CC(C)C)C(=O)C[C@@H](Cc1cnc[nH]1)C(=O)N[C@@H](CO)C(=O)C[C@H](C(N)=O)C(C)OP(=O)(O)O. The average Bonchev–Trinajstić information content (AvgIpc) is 3.92. The first-order valence-corrected chi connectivity index (χ1v) is 22.5. The second kappa shape index (κ2) is 26.8. The molecule has 0 aliphatic carbocycles. The quantitative estimate of drug-likeness (QED) is 0.0286. The molecule has 23 heteroatoms. The van der Waals surface area contributed by atoms with Crippen molar-refractivity contribution in [2.24, 2.45) is 23.5 Å². The van der Waals surface area contributed by atoms with Crippen molar-refractivity contribution in [2.75, 3.05) is 40.1 Å². The molecule has 1 aliphatic heterocycles. The van der Waals surface area contributed by atoms with Crippen molar-refractivity contribution in [3.63, 3.8) is 0 Å². The van der Waals surface area contributed by atoms with Crippen molar-refractivity contribution in [3.8, 4) is 0 Å². The number of nitrogens with two attached hydrogens (primary N) is 1. The van der Waals surface area contributed by atoms with Crippen LogP contribution in [0.15, 0.2) is 42.9 Å². The number of ketones is 2. The number of likely N-dealkylation sites (tertiary alicyclic amines) is 1. The number of carbonyl (C=O) groups is 7. The van der Waals surface area contributed by atoms with Gasteiger partial charge in [0.2, 0.25) is 29.5 Å². The summed E-state index contributed by atoms with van der Waals surface area (Å²) in [7, 11) is -3.57. The van der Waals surface area contributed by atoms with Gasteiger partial charge in [-0.2, -0.15) is 0 Å². The Kier molecular flexibility index (Phi) is 22.3. The summed E-state index contributed by atoms with van der Waals surface area (Å²) in [6, 6.07) is 5.49. The molecule has 9 N–H and O–H groups in total. The highest BCUT2D eigenvalue weighted by Gasteiger charge is 2.42. The lowest BCUT2D eigenvalue weighted by Crippen LogP contribution is -2.52. The van der Waals surface area contributed by atoms with Gasteiger partial charge in [-0.05, 0) is 31.2 Å². The molecule has 2 aromatic rings. The molecule has 1 aromatic heterocycles. The van der Waals surface area contributed by atoms with Gasteiger partial charge in [0.25, 0.3) is 0 Å². The minimum atomic E-state index is -5.08. The molecule has 22 nitrogen and oxygen atoms in total. The Labute approximate surface area is 371 Å². The Morgan fingerprint density at radius 3 is 2.28 bits per heavy atom. The zero-order chi connectivity index (χ0) is 47.4. The predicted molar refractivity (Wildman–Crippen MR) is 226 cm³/mol. The van der Waals surface area contributed by atoms with Gasteiger partial charge in [-0.3, -0.25) is 42.9 Å². The Bertz CT molecular complexity index is 1880. The molecule has 1 fully saturated rings. The van der Waals surface area contributed by atoms with Crippen LogP contribution in [0.1, 0.15) is 70.6 Å². The number of H-pyrrole nitrogens is 1. The summed E-state index contributed by atoms with van der Waals surface area (Å²) in [5, 5.41) is 15.3. The van der Waals surface area contributed by atoms with Gasteiger partial charge in [0.1, 0.15) is 18.2 Å². The Morgan fingerprint density at radius 1 is 0.969 bits per heavy atom. The van der Waals surface area contributed by atoms with E-state index < -0.39 is 111 Å².